The molecule has 3 rings (SSSR count). The van der Waals surface area contributed by atoms with Crippen molar-refractivity contribution in [2.45, 2.75) is 31.6 Å². The fraction of sp³-hybridized carbons (Fsp3) is 0.381. The molecule has 1 unspecified atom stereocenters. The second-order valence-electron chi connectivity index (χ2n) is 7.41. The maximum Gasteiger partial charge on any atom is 0.255 e. The zero-order chi connectivity index (χ0) is 21.2. The van der Waals surface area contributed by atoms with E-state index >= 15 is 0 Å². The number of halogens is 1. The monoisotopic (exact) mass is 436 g/mol. The maximum absolute atomic E-state index is 13.1. The standard InChI is InChI=1S/C21H25ClN2O4S/c1-14-6-9-19(28-3)18(11-14)23-21(25)16-7-8-17(22)20(12-16)29(26,27)24-10-4-5-15(2)13-24/h6-9,11-12,15H,4-5,10,13H2,1-3H3,(H,23,25). The summed E-state index contributed by atoms with van der Waals surface area (Å²) in [5.41, 5.74) is 1.68. The number of ether oxygens (including phenoxy) is 1. The topological polar surface area (TPSA) is 75.7 Å². The van der Waals surface area contributed by atoms with Crippen LogP contribution in [0.15, 0.2) is 41.3 Å². The molecular weight excluding hydrogens is 412 g/mol. The van der Waals surface area contributed by atoms with Crippen LogP contribution in [-0.4, -0.2) is 38.8 Å². The summed E-state index contributed by atoms with van der Waals surface area (Å²) >= 11 is 6.21. The zero-order valence-electron chi connectivity index (χ0n) is 16.7. The Labute approximate surface area is 176 Å². The molecule has 29 heavy (non-hydrogen) atoms. The number of hydrogen-bond acceptors (Lipinski definition) is 4. The normalized spacial score (nSPS) is 17.7. The van der Waals surface area contributed by atoms with Gasteiger partial charge in [-0.15, -0.1) is 0 Å². The van der Waals surface area contributed by atoms with Gasteiger partial charge in [-0.05, 0) is 61.6 Å². The highest BCUT2D eigenvalue weighted by Gasteiger charge is 2.31. The van der Waals surface area contributed by atoms with Crippen LogP contribution in [0.3, 0.4) is 0 Å². The minimum Gasteiger partial charge on any atom is -0.495 e. The molecule has 8 heteroatoms. The molecule has 0 radical (unpaired) electrons. The molecule has 1 fully saturated rings. The predicted molar refractivity (Wildman–Crippen MR) is 114 cm³/mol. The Hall–Kier alpha value is -2.09. The van der Waals surface area contributed by atoms with E-state index in [0.717, 1.165) is 18.4 Å². The van der Waals surface area contributed by atoms with Gasteiger partial charge in [-0.25, -0.2) is 8.42 Å². The Bertz CT molecular complexity index is 1020. The first-order chi connectivity index (χ1) is 13.7. The summed E-state index contributed by atoms with van der Waals surface area (Å²) in [5, 5.41) is 2.89. The number of carbonyl (C=O) groups excluding carboxylic acids is 1. The number of nitrogens with zero attached hydrogens (tertiary/aromatic N) is 1. The van der Waals surface area contributed by atoms with Crippen molar-refractivity contribution >= 4 is 33.2 Å². The maximum atomic E-state index is 13.1. The van der Waals surface area contributed by atoms with Gasteiger partial charge in [-0.3, -0.25) is 4.79 Å². The van der Waals surface area contributed by atoms with E-state index in [1.165, 1.54) is 29.6 Å². The highest BCUT2D eigenvalue weighted by molar-refractivity contribution is 7.89. The third-order valence-corrected chi connectivity index (χ3v) is 7.38. The van der Waals surface area contributed by atoms with Gasteiger partial charge in [0.05, 0.1) is 17.8 Å². The van der Waals surface area contributed by atoms with Gasteiger partial charge in [0.15, 0.2) is 0 Å². The summed E-state index contributed by atoms with van der Waals surface area (Å²) in [4.78, 5) is 12.7. The Kier molecular flexibility index (Phi) is 6.51. The van der Waals surface area contributed by atoms with Crippen molar-refractivity contribution in [3.05, 3.63) is 52.5 Å². The minimum atomic E-state index is -3.78. The van der Waals surface area contributed by atoms with Crippen LogP contribution in [0, 0.1) is 12.8 Å². The summed E-state index contributed by atoms with van der Waals surface area (Å²) in [6.07, 6.45) is 1.81. The average Bonchev–Trinajstić information content (AvgIpc) is 2.68. The number of carbonyl (C=O) groups is 1. The first-order valence-electron chi connectivity index (χ1n) is 9.48. The number of amides is 1. The van der Waals surface area contributed by atoms with Gasteiger partial charge in [-0.1, -0.05) is 24.6 Å². The fourth-order valence-corrected chi connectivity index (χ4v) is 5.56. The fourth-order valence-electron chi connectivity index (χ4n) is 3.46. The number of methoxy groups -OCH3 is 1. The molecule has 156 valence electrons. The zero-order valence-corrected chi connectivity index (χ0v) is 18.3. The third-order valence-electron chi connectivity index (χ3n) is 5.03. The van der Waals surface area contributed by atoms with Crippen molar-refractivity contribution in [2.24, 2.45) is 5.92 Å². The molecule has 1 heterocycles. The largest absolute Gasteiger partial charge is 0.495 e. The number of piperidine rings is 1. The van der Waals surface area contributed by atoms with Crippen LogP contribution in [-0.2, 0) is 10.0 Å². The Balaban J connectivity index is 1.91. The number of sulfonamides is 1. The first kappa shape index (κ1) is 21.6. The molecule has 0 aliphatic carbocycles. The molecule has 2 aromatic rings. The number of rotatable bonds is 5. The Morgan fingerprint density at radius 2 is 2.00 bits per heavy atom. The Morgan fingerprint density at radius 1 is 1.24 bits per heavy atom. The van der Waals surface area contributed by atoms with Crippen molar-refractivity contribution in [1.29, 1.82) is 0 Å². The quantitative estimate of drug-likeness (QED) is 0.756. The second kappa shape index (κ2) is 8.73. The number of aryl methyl sites for hydroxylation is 1. The molecule has 0 aromatic heterocycles. The van der Waals surface area contributed by atoms with Gasteiger partial charge in [0.1, 0.15) is 10.6 Å². The molecule has 2 aromatic carbocycles. The van der Waals surface area contributed by atoms with Gasteiger partial charge in [0, 0.05) is 18.7 Å². The van der Waals surface area contributed by atoms with Crippen LogP contribution in [0.1, 0.15) is 35.7 Å². The highest BCUT2D eigenvalue weighted by atomic mass is 35.5. The number of anilines is 1. The molecule has 1 aliphatic heterocycles. The van der Waals surface area contributed by atoms with Crippen molar-refractivity contribution in [3.63, 3.8) is 0 Å². The van der Waals surface area contributed by atoms with Gasteiger partial charge < -0.3 is 10.1 Å². The number of benzene rings is 2. The molecule has 0 saturated carbocycles. The summed E-state index contributed by atoms with van der Waals surface area (Å²) in [6.45, 7) is 4.85. The van der Waals surface area contributed by atoms with Crippen molar-refractivity contribution in [2.75, 3.05) is 25.5 Å². The molecule has 1 amide bonds. The third kappa shape index (κ3) is 4.74. The highest BCUT2D eigenvalue weighted by Crippen LogP contribution is 2.30. The second-order valence-corrected chi connectivity index (χ2v) is 9.73. The predicted octanol–water partition coefficient (Wildman–Crippen LogP) is 4.33. The van der Waals surface area contributed by atoms with E-state index in [1.54, 1.807) is 12.1 Å². The molecule has 0 bridgehead atoms. The van der Waals surface area contributed by atoms with E-state index in [4.69, 9.17) is 16.3 Å². The molecular formula is C21H25ClN2O4S. The molecule has 6 nitrogen and oxygen atoms in total. The first-order valence-corrected chi connectivity index (χ1v) is 11.3. The molecule has 0 spiro atoms. The molecule has 1 N–H and O–H groups in total. The van der Waals surface area contributed by atoms with E-state index in [0.29, 0.717) is 24.5 Å². The van der Waals surface area contributed by atoms with Gasteiger partial charge in [0.25, 0.3) is 5.91 Å². The lowest BCUT2D eigenvalue weighted by Crippen LogP contribution is -2.39. The van der Waals surface area contributed by atoms with Crippen molar-refractivity contribution < 1.29 is 17.9 Å². The van der Waals surface area contributed by atoms with Gasteiger partial charge >= 0.3 is 0 Å². The van der Waals surface area contributed by atoms with Crippen molar-refractivity contribution in [3.8, 4) is 5.75 Å². The summed E-state index contributed by atoms with van der Waals surface area (Å²) in [5.74, 6) is 0.375. The number of hydrogen-bond donors (Lipinski definition) is 1. The smallest absolute Gasteiger partial charge is 0.255 e. The lowest BCUT2D eigenvalue weighted by Gasteiger charge is -2.30. The minimum absolute atomic E-state index is 0.0443. The summed E-state index contributed by atoms with van der Waals surface area (Å²) < 4.78 is 33.0. The van der Waals surface area contributed by atoms with E-state index in [9.17, 15) is 13.2 Å². The average molecular weight is 437 g/mol. The SMILES string of the molecule is COc1ccc(C)cc1NC(=O)c1ccc(Cl)c(S(=O)(=O)N2CCCC(C)C2)c1. The van der Waals surface area contributed by atoms with Crippen LogP contribution >= 0.6 is 11.6 Å². The van der Waals surface area contributed by atoms with Crippen LogP contribution < -0.4 is 10.1 Å². The van der Waals surface area contributed by atoms with Gasteiger partial charge in [0.2, 0.25) is 10.0 Å². The summed E-state index contributed by atoms with van der Waals surface area (Å²) in [7, 11) is -2.26. The lowest BCUT2D eigenvalue weighted by atomic mass is 10.0. The molecule has 1 saturated heterocycles. The molecule has 1 atom stereocenters. The van der Waals surface area contributed by atoms with Crippen LogP contribution in [0.5, 0.6) is 5.75 Å². The summed E-state index contributed by atoms with van der Waals surface area (Å²) in [6, 6.07) is 9.73. The molecule has 1 aliphatic rings. The Morgan fingerprint density at radius 3 is 2.69 bits per heavy atom. The lowest BCUT2D eigenvalue weighted by molar-refractivity contribution is 0.102. The van der Waals surface area contributed by atoms with Crippen LogP contribution in [0.4, 0.5) is 5.69 Å². The van der Waals surface area contributed by atoms with Crippen LogP contribution in [0.25, 0.3) is 0 Å². The van der Waals surface area contributed by atoms with E-state index in [-0.39, 0.29) is 21.4 Å². The number of nitrogens with one attached hydrogen (secondary N) is 1. The van der Waals surface area contributed by atoms with E-state index < -0.39 is 15.9 Å². The van der Waals surface area contributed by atoms with Crippen LogP contribution in [0.2, 0.25) is 5.02 Å². The van der Waals surface area contributed by atoms with E-state index in [2.05, 4.69) is 5.32 Å². The van der Waals surface area contributed by atoms with E-state index in [1.807, 2.05) is 19.9 Å². The van der Waals surface area contributed by atoms with Crippen molar-refractivity contribution in [1.82, 2.24) is 4.31 Å². The van der Waals surface area contributed by atoms with Gasteiger partial charge in [-0.2, -0.15) is 4.31 Å².